The Labute approximate surface area is 177 Å². The second-order valence-corrected chi connectivity index (χ2v) is 7.50. The molecular weight excluding hydrogens is 610 g/mol. The number of rotatable bonds is 5. The number of anilines is 1. The van der Waals surface area contributed by atoms with Gasteiger partial charge >= 0.3 is 12.4 Å². The zero-order valence-electron chi connectivity index (χ0n) is 13.2. The summed E-state index contributed by atoms with van der Waals surface area (Å²) in [6.45, 7) is 0. The van der Waals surface area contributed by atoms with Crippen molar-refractivity contribution in [1.82, 2.24) is 4.98 Å². The number of aromatic nitrogens is 1. The van der Waals surface area contributed by atoms with Gasteiger partial charge in [0.15, 0.2) is 23.9 Å². The van der Waals surface area contributed by atoms with E-state index in [1.807, 2.05) is 0 Å². The van der Waals surface area contributed by atoms with E-state index >= 15 is 0 Å². The number of pyridine rings is 1. The Kier molecular flexibility index (Phi) is 6.89. The first-order valence-corrected chi connectivity index (χ1v) is 10.4. The van der Waals surface area contributed by atoms with Crippen molar-refractivity contribution in [2.45, 2.75) is 24.7 Å². The standard InChI is InChI=1S/C14H13F6I2N3O2/c15-13(16,17)9-12(7(5-21)6-22,10(26)14(18,19)20)11(27)25(24-9)8-3-1-2-4-23-8/h1-4,7,10-11,26-27H,5-6H2. The van der Waals surface area contributed by atoms with Gasteiger partial charge in [0, 0.05) is 15.1 Å². The molecule has 0 bridgehead atoms. The van der Waals surface area contributed by atoms with E-state index < -0.39 is 41.7 Å². The van der Waals surface area contributed by atoms with Crippen molar-refractivity contribution >= 4 is 56.7 Å². The molecule has 0 aromatic carbocycles. The van der Waals surface area contributed by atoms with Crippen molar-refractivity contribution < 1.29 is 36.6 Å². The highest BCUT2D eigenvalue weighted by atomic mass is 127. The van der Waals surface area contributed by atoms with Gasteiger partial charge in [-0.3, -0.25) is 0 Å². The Balaban J connectivity index is 2.77. The average Bonchev–Trinajstić information content (AvgIpc) is 2.90. The fourth-order valence-corrected chi connectivity index (χ4v) is 6.28. The summed E-state index contributed by atoms with van der Waals surface area (Å²) in [4.78, 5) is 3.75. The summed E-state index contributed by atoms with van der Waals surface area (Å²) < 4.78 is 81.1. The molecule has 0 saturated carbocycles. The van der Waals surface area contributed by atoms with E-state index in [1.165, 1.54) is 24.4 Å². The number of hydrogen-bond donors (Lipinski definition) is 2. The smallest absolute Gasteiger partial charge is 0.383 e. The molecule has 27 heavy (non-hydrogen) atoms. The average molecular weight is 623 g/mol. The molecule has 0 saturated heterocycles. The van der Waals surface area contributed by atoms with Gasteiger partial charge < -0.3 is 10.2 Å². The van der Waals surface area contributed by atoms with Crippen LogP contribution in [0, 0.1) is 11.3 Å². The molecule has 2 heterocycles. The Bertz CT molecular complexity index is 684. The Morgan fingerprint density at radius 3 is 2.15 bits per heavy atom. The van der Waals surface area contributed by atoms with Gasteiger partial charge in [0.05, 0.1) is 0 Å². The summed E-state index contributed by atoms with van der Waals surface area (Å²) in [5.41, 5.74) is -5.01. The van der Waals surface area contributed by atoms with Crippen LogP contribution in [-0.4, -0.2) is 54.4 Å². The maximum absolute atomic E-state index is 13.7. The molecule has 13 heteroatoms. The highest BCUT2D eigenvalue weighted by molar-refractivity contribution is 14.1. The third kappa shape index (κ3) is 4.01. The van der Waals surface area contributed by atoms with Crippen molar-refractivity contribution in [2.75, 3.05) is 13.9 Å². The van der Waals surface area contributed by atoms with Crippen molar-refractivity contribution in [2.24, 2.45) is 16.4 Å². The molecule has 152 valence electrons. The zero-order chi connectivity index (χ0) is 20.6. The third-order valence-electron chi connectivity index (χ3n) is 4.24. The maximum Gasteiger partial charge on any atom is 0.432 e. The van der Waals surface area contributed by atoms with Crippen LogP contribution in [-0.2, 0) is 0 Å². The SMILES string of the molecule is OC1N(c2ccccn2)N=C(C(F)(F)F)C1(C(CI)CI)C(O)C(F)(F)F. The number of hydrogen-bond acceptors (Lipinski definition) is 5. The van der Waals surface area contributed by atoms with E-state index in [1.54, 1.807) is 45.2 Å². The lowest BCUT2D eigenvalue weighted by Crippen LogP contribution is -2.64. The van der Waals surface area contributed by atoms with Crippen molar-refractivity contribution in [1.29, 1.82) is 0 Å². The van der Waals surface area contributed by atoms with Crippen LogP contribution in [0.3, 0.4) is 0 Å². The highest BCUT2D eigenvalue weighted by Gasteiger charge is 2.71. The Hall–Kier alpha value is -0.420. The third-order valence-corrected chi connectivity index (χ3v) is 6.37. The van der Waals surface area contributed by atoms with E-state index in [2.05, 4.69) is 10.1 Å². The summed E-state index contributed by atoms with van der Waals surface area (Å²) in [7, 11) is 0. The normalized spacial score (nSPS) is 25.1. The van der Waals surface area contributed by atoms with Crippen molar-refractivity contribution in [3.63, 3.8) is 0 Å². The summed E-state index contributed by atoms with van der Waals surface area (Å²) >= 11 is 3.26. The van der Waals surface area contributed by atoms with Gasteiger partial charge in [0.1, 0.15) is 5.41 Å². The van der Waals surface area contributed by atoms with E-state index in [0.29, 0.717) is 5.01 Å². The van der Waals surface area contributed by atoms with Crippen LogP contribution in [0.2, 0.25) is 0 Å². The lowest BCUT2D eigenvalue weighted by atomic mass is 9.67. The molecule has 2 N–H and O–H groups in total. The minimum absolute atomic E-state index is 0.184. The van der Waals surface area contributed by atoms with Crippen LogP contribution in [0.5, 0.6) is 0 Å². The van der Waals surface area contributed by atoms with Gasteiger partial charge in [-0.1, -0.05) is 51.2 Å². The second kappa shape index (κ2) is 8.14. The summed E-state index contributed by atoms with van der Waals surface area (Å²) in [6.07, 6.45) is -15.4. The van der Waals surface area contributed by atoms with Gasteiger partial charge in [0.2, 0.25) is 0 Å². The molecule has 3 atom stereocenters. The van der Waals surface area contributed by atoms with Crippen LogP contribution in [0.15, 0.2) is 29.5 Å². The predicted octanol–water partition coefficient (Wildman–Crippen LogP) is 3.53. The van der Waals surface area contributed by atoms with Crippen LogP contribution in [0.1, 0.15) is 0 Å². The van der Waals surface area contributed by atoms with E-state index in [4.69, 9.17) is 0 Å². The highest BCUT2D eigenvalue weighted by Crippen LogP contribution is 2.53. The lowest BCUT2D eigenvalue weighted by molar-refractivity contribution is -0.248. The van der Waals surface area contributed by atoms with Crippen molar-refractivity contribution in [3.05, 3.63) is 24.4 Å². The predicted molar refractivity (Wildman–Crippen MR) is 102 cm³/mol. The molecule has 0 amide bonds. The largest absolute Gasteiger partial charge is 0.432 e. The van der Waals surface area contributed by atoms with Gasteiger partial charge in [-0.15, -0.1) is 0 Å². The minimum Gasteiger partial charge on any atom is -0.383 e. The first kappa shape index (κ1) is 22.9. The minimum atomic E-state index is -5.41. The van der Waals surface area contributed by atoms with Gasteiger partial charge in [0.25, 0.3) is 0 Å². The molecule has 2 rings (SSSR count). The summed E-state index contributed by atoms with van der Waals surface area (Å²) in [5, 5.41) is 24.3. The molecule has 0 radical (unpaired) electrons. The molecule has 5 nitrogen and oxygen atoms in total. The quantitative estimate of drug-likeness (QED) is 0.300. The van der Waals surface area contributed by atoms with Gasteiger partial charge in [-0.25, -0.2) is 9.99 Å². The number of nitrogens with zero attached hydrogens (tertiary/aromatic N) is 3. The number of aliphatic hydroxyl groups excluding tert-OH is 2. The molecule has 1 aliphatic heterocycles. The van der Waals surface area contributed by atoms with Crippen LogP contribution in [0.25, 0.3) is 0 Å². The van der Waals surface area contributed by atoms with E-state index in [-0.39, 0.29) is 14.7 Å². The van der Waals surface area contributed by atoms with E-state index in [9.17, 15) is 36.6 Å². The molecular formula is C14H13F6I2N3O2. The van der Waals surface area contributed by atoms with Crippen LogP contribution < -0.4 is 5.01 Å². The van der Waals surface area contributed by atoms with Crippen molar-refractivity contribution in [3.8, 4) is 0 Å². The molecule has 0 aliphatic carbocycles. The lowest BCUT2D eigenvalue weighted by Gasteiger charge is -2.44. The number of alkyl halides is 8. The fourth-order valence-electron chi connectivity index (χ4n) is 3.01. The number of aliphatic hydroxyl groups is 2. The van der Waals surface area contributed by atoms with Crippen LogP contribution >= 0.6 is 45.2 Å². The number of hydrazone groups is 1. The topological polar surface area (TPSA) is 69.0 Å². The number of halogens is 8. The first-order chi connectivity index (χ1) is 12.4. The maximum atomic E-state index is 13.7. The summed E-state index contributed by atoms with van der Waals surface area (Å²) in [5.74, 6) is -1.65. The monoisotopic (exact) mass is 623 g/mol. The second-order valence-electron chi connectivity index (χ2n) is 5.74. The first-order valence-electron chi connectivity index (χ1n) is 7.33. The molecule has 0 fully saturated rings. The molecule has 0 spiro atoms. The van der Waals surface area contributed by atoms with E-state index in [0.717, 1.165) is 0 Å². The van der Waals surface area contributed by atoms with Gasteiger partial charge in [-0.05, 0) is 18.1 Å². The van der Waals surface area contributed by atoms with Crippen LogP contribution in [0.4, 0.5) is 32.2 Å². The Morgan fingerprint density at radius 2 is 1.74 bits per heavy atom. The molecule has 1 aromatic rings. The molecule has 3 unspecified atom stereocenters. The molecule has 1 aromatic heterocycles. The molecule has 1 aliphatic rings. The Morgan fingerprint density at radius 1 is 1.15 bits per heavy atom. The summed E-state index contributed by atoms with van der Waals surface area (Å²) in [6, 6.07) is 4.02. The fraction of sp³-hybridized carbons (Fsp3) is 0.571. The van der Waals surface area contributed by atoms with Gasteiger partial charge in [-0.2, -0.15) is 31.4 Å². The zero-order valence-corrected chi connectivity index (χ0v) is 17.5.